The molecule has 0 aliphatic heterocycles. The second kappa shape index (κ2) is 14.0. The smallest absolute Gasteiger partial charge is 0.181 e. The highest BCUT2D eigenvalue weighted by atomic mass is 79.9. The van der Waals surface area contributed by atoms with Crippen molar-refractivity contribution in [1.29, 1.82) is 0 Å². The number of rotatable bonds is 7. The molecule has 7 rings (SSSR count). The second-order valence-electron chi connectivity index (χ2n) is 10.4. The van der Waals surface area contributed by atoms with E-state index in [-0.39, 0.29) is 0 Å². The summed E-state index contributed by atoms with van der Waals surface area (Å²) in [4.78, 5) is 20.0. The van der Waals surface area contributed by atoms with Gasteiger partial charge in [0.2, 0.25) is 0 Å². The van der Waals surface area contributed by atoms with E-state index in [9.17, 15) is 0 Å². The van der Waals surface area contributed by atoms with Gasteiger partial charge in [0.15, 0.2) is 22.3 Å². The van der Waals surface area contributed by atoms with Gasteiger partial charge in [0, 0.05) is 61.4 Å². The third kappa shape index (κ3) is 6.76. The Bertz CT molecular complexity index is 2200. The number of methoxy groups -OCH3 is 2. The molecule has 0 aliphatic rings. The van der Waals surface area contributed by atoms with Crippen LogP contribution in [0.3, 0.4) is 0 Å². The average molecular weight is 777 g/mol. The Morgan fingerprint density at radius 1 is 0.723 bits per heavy atom. The van der Waals surface area contributed by atoms with Crippen molar-refractivity contribution in [2.75, 3.05) is 38.5 Å². The van der Waals surface area contributed by atoms with Crippen molar-refractivity contribution in [2.45, 2.75) is 0 Å². The fourth-order valence-electron chi connectivity index (χ4n) is 4.86. The fourth-order valence-corrected chi connectivity index (χ4v) is 6.26. The molecule has 1 N–H and O–H groups in total. The molecule has 0 radical (unpaired) electrons. The summed E-state index contributed by atoms with van der Waals surface area (Å²) in [5.41, 5.74) is 6.97. The molecule has 0 fully saturated rings. The van der Waals surface area contributed by atoms with Gasteiger partial charge in [-0.15, -0.1) is 0 Å². The van der Waals surface area contributed by atoms with Gasteiger partial charge in [-0.05, 0) is 74.3 Å². The van der Waals surface area contributed by atoms with Crippen molar-refractivity contribution in [3.63, 3.8) is 0 Å². The Hall–Kier alpha value is -4.65. The van der Waals surface area contributed by atoms with Crippen molar-refractivity contribution in [2.24, 2.45) is 0 Å². The minimum atomic E-state index is 0.373. The second-order valence-corrected chi connectivity index (χ2v) is 12.3. The third-order valence-corrected chi connectivity index (χ3v) is 9.02. The first-order chi connectivity index (χ1) is 22.8. The van der Waals surface area contributed by atoms with E-state index in [1.54, 1.807) is 26.6 Å². The Morgan fingerprint density at radius 3 is 1.85 bits per heavy atom. The number of anilines is 3. The number of nitrogens with one attached hydrogen (secondary N) is 1. The topological polar surface area (TPSA) is 94.1 Å². The van der Waals surface area contributed by atoms with Gasteiger partial charge in [-0.2, -0.15) is 0 Å². The predicted octanol–water partition coefficient (Wildman–Crippen LogP) is 8.80. The Labute approximate surface area is 293 Å². The molecular formula is C34H29Br2ClN8O2. The van der Waals surface area contributed by atoms with E-state index in [4.69, 9.17) is 26.1 Å². The maximum Gasteiger partial charge on any atom is 0.181 e. The zero-order valence-corrected chi connectivity index (χ0v) is 29.7. The molecule has 4 aromatic heterocycles. The van der Waals surface area contributed by atoms with Crippen molar-refractivity contribution < 1.29 is 9.47 Å². The molecule has 0 saturated carbocycles. The van der Waals surface area contributed by atoms with Crippen molar-refractivity contribution in [3.05, 3.63) is 112 Å². The number of nitrogens with zero attached hydrogens (tertiary/aromatic N) is 7. The molecular weight excluding hydrogens is 748 g/mol. The molecule has 0 unspecified atom stereocenters. The number of halogens is 3. The van der Waals surface area contributed by atoms with Crippen LogP contribution < -0.4 is 19.7 Å². The molecule has 13 heteroatoms. The maximum atomic E-state index is 6.05. The molecule has 0 aliphatic carbocycles. The molecule has 10 nitrogen and oxygen atoms in total. The van der Waals surface area contributed by atoms with Gasteiger partial charge in [-0.3, -0.25) is 8.80 Å². The summed E-state index contributed by atoms with van der Waals surface area (Å²) in [6.45, 7) is 0. The summed E-state index contributed by atoms with van der Waals surface area (Å²) in [5.74, 6) is 2.26. The lowest BCUT2D eigenvalue weighted by atomic mass is 10.1. The van der Waals surface area contributed by atoms with E-state index in [1.807, 2.05) is 96.0 Å². The van der Waals surface area contributed by atoms with Crippen LogP contribution in [0, 0.1) is 0 Å². The fraction of sp³-hybridized carbons (Fsp3) is 0.118. The number of ether oxygens (including phenoxy) is 2. The number of benzene rings is 3. The van der Waals surface area contributed by atoms with Gasteiger partial charge < -0.3 is 19.7 Å². The minimum absolute atomic E-state index is 0.373. The average Bonchev–Trinajstić information content (AvgIpc) is 3.63. The SMILES string of the molecule is COc1cccc(-c2nc3c(Cl)nccn3c2Br)c1.COc1cccc(-c2nc3c(Nc4cccc(N(C)C)c4)nccn3c2Br)c1. The van der Waals surface area contributed by atoms with Crippen molar-refractivity contribution in [1.82, 2.24) is 28.7 Å². The summed E-state index contributed by atoms with van der Waals surface area (Å²) in [7, 11) is 7.33. The predicted molar refractivity (Wildman–Crippen MR) is 194 cm³/mol. The molecule has 0 saturated heterocycles. The van der Waals surface area contributed by atoms with Crippen LogP contribution in [0.2, 0.25) is 5.15 Å². The first kappa shape index (κ1) is 32.3. The van der Waals surface area contributed by atoms with Crippen LogP contribution >= 0.6 is 43.5 Å². The van der Waals surface area contributed by atoms with Crippen LogP contribution in [0.25, 0.3) is 33.8 Å². The lowest BCUT2D eigenvalue weighted by Gasteiger charge is -2.14. The van der Waals surface area contributed by atoms with Gasteiger partial charge in [0.05, 0.1) is 14.2 Å². The molecule has 47 heavy (non-hydrogen) atoms. The number of hydrogen-bond donors (Lipinski definition) is 1. The monoisotopic (exact) mass is 774 g/mol. The van der Waals surface area contributed by atoms with E-state index < -0.39 is 0 Å². The van der Waals surface area contributed by atoms with E-state index in [1.165, 1.54) is 0 Å². The molecule has 238 valence electrons. The van der Waals surface area contributed by atoms with E-state index in [0.717, 1.165) is 60.2 Å². The molecule has 0 bridgehead atoms. The summed E-state index contributed by atoms with van der Waals surface area (Å²) in [5, 5.41) is 3.76. The van der Waals surface area contributed by atoms with Gasteiger partial charge >= 0.3 is 0 Å². The number of fused-ring (bicyclic) bond motifs is 2. The first-order valence-corrected chi connectivity index (χ1v) is 16.3. The summed E-state index contributed by atoms with van der Waals surface area (Å²) < 4.78 is 16.1. The largest absolute Gasteiger partial charge is 0.497 e. The van der Waals surface area contributed by atoms with Gasteiger partial charge in [0.25, 0.3) is 0 Å². The maximum absolute atomic E-state index is 6.05. The van der Waals surface area contributed by atoms with Crippen molar-refractivity contribution >= 4 is 71.9 Å². The third-order valence-electron chi connectivity index (χ3n) is 7.24. The summed E-state index contributed by atoms with van der Waals surface area (Å²) in [6.07, 6.45) is 7.09. The molecule has 0 atom stereocenters. The Morgan fingerprint density at radius 2 is 1.28 bits per heavy atom. The standard InChI is InChI=1S/C21H20BrN5O.C13H9BrClN3O/c1-26(2)16-8-5-7-15(13-16)24-20-21-25-18(19(22)27(21)11-10-23-20)14-6-4-9-17(12-14)28-3;1-19-9-4-2-3-8(7-9)10-11(14)18-6-5-16-12(15)13(18)17-10/h4-13H,1-3H3,(H,23,24);2-7H,1H3. The van der Waals surface area contributed by atoms with Crippen LogP contribution in [0.1, 0.15) is 0 Å². The molecule has 0 amide bonds. The number of aromatic nitrogens is 6. The number of imidazole rings is 2. The van der Waals surface area contributed by atoms with E-state index in [2.05, 4.69) is 69.2 Å². The lowest BCUT2D eigenvalue weighted by molar-refractivity contribution is 0.415. The van der Waals surface area contributed by atoms with Crippen molar-refractivity contribution in [3.8, 4) is 34.0 Å². The van der Waals surface area contributed by atoms with Gasteiger partial charge in [-0.1, -0.05) is 41.9 Å². The number of hydrogen-bond acceptors (Lipinski definition) is 8. The first-order valence-electron chi connectivity index (χ1n) is 14.3. The summed E-state index contributed by atoms with van der Waals surface area (Å²) >= 11 is 13.3. The molecule has 4 heterocycles. The van der Waals surface area contributed by atoms with Gasteiger partial charge in [0.1, 0.15) is 32.1 Å². The summed E-state index contributed by atoms with van der Waals surface area (Å²) in [6, 6.07) is 23.7. The van der Waals surface area contributed by atoms with Crippen LogP contribution in [0.4, 0.5) is 17.2 Å². The van der Waals surface area contributed by atoms with Crippen LogP contribution in [-0.4, -0.2) is 57.1 Å². The highest BCUT2D eigenvalue weighted by molar-refractivity contribution is 9.10. The van der Waals surface area contributed by atoms with E-state index in [0.29, 0.717) is 16.6 Å². The normalized spacial score (nSPS) is 10.9. The highest BCUT2D eigenvalue weighted by Crippen LogP contribution is 2.34. The Balaban J connectivity index is 0.000000177. The molecule has 0 spiro atoms. The molecule has 7 aromatic rings. The van der Waals surface area contributed by atoms with Crippen LogP contribution in [0.15, 0.2) is 107 Å². The quantitative estimate of drug-likeness (QED) is 0.172. The highest BCUT2D eigenvalue weighted by Gasteiger charge is 2.17. The van der Waals surface area contributed by atoms with Crippen LogP contribution in [0.5, 0.6) is 11.5 Å². The van der Waals surface area contributed by atoms with Gasteiger partial charge in [-0.25, -0.2) is 19.9 Å². The van der Waals surface area contributed by atoms with E-state index >= 15 is 0 Å². The zero-order valence-electron chi connectivity index (χ0n) is 25.8. The lowest BCUT2D eigenvalue weighted by Crippen LogP contribution is -2.08. The molecule has 3 aromatic carbocycles. The zero-order chi connectivity index (χ0) is 33.1. The minimum Gasteiger partial charge on any atom is -0.497 e. The Kier molecular flexibility index (Phi) is 9.62. The van der Waals surface area contributed by atoms with Crippen LogP contribution in [-0.2, 0) is 0 Å².